The van der Waals surface area contributed by atoms with Crippen LogP contribution in [-0.2, 0) is 80.7 Å². The van der Waals surface area contributed by atoms with Gasteiger partial charge in [-0.2, -0.15) is 0 Å². The Morgan fingerprint density at radius 2 is 1.49 bits per heavy atom. The van der Waals surface area contributed by atoms with Crippen LogP contribution in [0.1, 0.15) is 129 Å². The van der Waals surface area contributed by atoms with Crippen molar-refractivity contribution in [2.24, 2.45) is 21.7 Å². The van der Waals surface area contributed by atoms with Gasteiger partial charge in [-0.15, -0.1) is 0 Å². The number of cyclic esters (lactones) is 1. The molecule has 3 aliphatic heterocycles. The molecule has 2 aromatic heterocycles. The highest BCUT2D eigenvalue weighted by atomic mass is 16.6. The lowest BCUT2D eigenvalue weighted by atomic mass is 9.44. The number of nitrogens with one attached hydrogen (secondary N) is 1. The molecule has 5 heterocycles. The van der Waals surface area contributed by atoms with Crippen molar-refractivity contribution in [1.82, 2.24) is 14.9 Å². The van der Waals surface area contributed by atoms with E-state index in [-0.39, 0.29) is 65.9 Å². The van der Waals surface area contributed by atoms with Gasteiger partial charge >= 0.3 is 35.8 Å². The largest absolute Gasteiger partial charge is 0.461 e. The first-order valence-corrected chi connectivity index (χ1v) is 31.1. The topological polar surface area (TPSA) is 321 Å². The van der Waals surface area contributed by atoms with Crippen molar-refractivity contribution in [2.45, 2.75) is 147 Å². The first-order valence-electron chi connectivity index (χ1n) is 31.1. The second-order valence-corrected chi connectivity index (χ2v) is 25.6. The molecule has 0 spiro atoms. The van der Waals surface area contributed by atoms with E-state index >= 15 is 4.79 Å². The number of fused-ring (bicyclic) bond motifs is 10. The molecule has 2 bridgehead atoms. The second-order valence-electron chi connectivity index (χ2n) is 25.6. The van der Waals surface area contributed by atoms with E-state index in [9.17, 15) is 53.7 Å². The quantitative estimate of drug-likeness (QED) is 0.0363. The average molecular weight is 1280 g/mol. The van der Waals surface area contributed by atoms with Gasteiger partial charge in [0.25, 0.3) is 11.5 Å². The number of carbonyl (C=O) groups excluding carboxylic acids is 8. The van der Waals surface area contributed by atoms with E-state index in [1.165, 1.54) is 44.4 Å². The highest BCUT2D eigenvalue weighted by molar-refractivity contribution is 6.03. The van der Waals surface area contributed by atoms with Crippen molar-refractivity contribution in [2.75, 3.05) is 13.2 Å². The van der Waals surface area contributed by atoms with Gasteiger partial charge < -0.3 is 58.4 Å². The molecule has 94 heavy (non-hydrogen) atoms. The monoisotopic (exact) mass is 1280 g/mol. The van der Waals surface area contributed by atoms with Crippen LogP contribution in [0.5, 0.6) is 0 Å². The Kier molecular flexibility index (Phi) is 16.8. The number of hydrogen-bond donors (Lipinski definition) is 4. The Labute approximate surface area is 539 Å². The highest BCUT2D eigenvalue weighted by Crippen LogP contribution is 2.65. The molecular formula is C71H70N4O19. The molecule has 12 atom stereocenters. The van der Waals surface area contributed by atoms with Crippen LogP contribution in [0.25, 0.3) is 22.3 Å². The number of nitrogens with zero attached hydrogens (tertiary/aromatic N) is 3. The van der Waals surface area contributed by atoms with Crippen LogP contribution in [0.2, 0.25) is 0 Å². The minimum atomic E-state index is -2.56. The maximum atomic E-state index is 16.6. The third-order valence-corrected chi connectivity index (χ3v) is 20.0. The highest BCUT2D eigenvalue weighted by Gasteiger charge is 2.79. The number of aliphatic hydroxyl groups excluding tert-OH is 1. The van der Waals surface area contributed by atoms with Crippen LogP contribution in [0, 0.1) is 16.7 Å². The first-order chi connectivity index (χ1) is 44.8. The summed E-state index contributed by atoms with van der Waals surface area (Å²) < 4.78 is 44.7. The molecule has 2 saturated carbocycles. The van der Waals surface area contributed by atoms with Gasteiger partial charge in [0.1, 0.15) is 36.6 Å². The minimum Gasteiger partial charge on any atom is -0.461 e. The molecule has 3 fully saturated rings. The SMILES string of the molecule is CC[C@]1(O)C(=O)OCc2c1cc1n(c2=O)Cc2c-1nc1ccccc1c2C=NCCC(=O)O[C@H]1C[C@H]2OC[C@@]2(OC(C)=O)C2C(OC(=O)c3ccccc3)[C@]3(O)C[C@H](OC(=O)[C@H](O)[C@@H](NC(=O)c4ccccc4)c4ccccc4)C(C)=C([C@@H](OC(C)=O)C(=O)[C@@]21C)C3(C)C. The molecule has 6 aromatic rings. The smallest absolute Gasteiger partial charge is 0.343 e. The number of ether oxygens (including phenoxy) is 7. The Hall–Kier alpha value is -9.55. The van der Waals surface area contributed by atoms with Crippen LogP contribution in [0.15, 0.2) is 142 Å². The summed E-state index contributed by atoms with van der Waals surface area (Å²) in [7, 11) is 0. The molecule has 4 aromatic carbocycles. The molecule has 12 rings (SSSR count). The molecule has 23 heteroatoms. The average Bonchev–Trinajstić information content (AvgIpc) is 0.785. The second kappa shape index (κ2) is 24.4. The maximum Gasteiger partial charge on any atom is 0.343 e. The number of para-hydroxylation sites is 1. The fourth-order valence-electron chi connectivity index (χ4n) is 15.1. The first kappa shape index (κ1) is 64.6. The van der Waals surface area contributed by atoms with Crippen molar-refractivity contribution in [3.05, 3.63) is 182 Å². The summed E-state index contributed by atoms with van der Waals surface area (Å²) in [5.74, 6) is -9.20. The molecule has 6 aliphatic rings. The summed E-state index contributed by atoms with van der Waals surface area (Å²) in [5.41, 5.74) is -7.77. The Morgan fingerprint density at radius 1 is 0.830 bits per heavy atom. The summed E-state index contributed by atoms with van der Waals surface area (Å²) in [6, 6.07) is 31.4. The Bertz CT molecular complexity index is 4250. The number of hydrogen-bond acceptors (Lipinski definition) is 21. The zero-order chi connectivity index (χ0) is 67.0. The molecule has 2 unspecified atom stereocenters. The van der Waals surface area contributed by atoms with Crippen LogP contribution in [0.4, 0.5) is 0 Å². The molecule has 488 valence electrons. The fourth-order valence-corrected chi connectivity index (χ4v) is 15.1. The molecule has 4 N–H and O–H groups in total. The Balaban J connectivity index is 0.917. The van der Waals surface area contributed by atoms with E-state index in [0.717, 1.165) is 13.8 Å². The zero-order valence-corrected chi connectivity index (χ0v) is 52.6. The number of esters is 6. The van der Waals surface area contributed by atoms with E-state index in [1.807, 2.05) is 6.07 Å². The van der Waals surface area contributed by atoms with Crippen LogP contribution in [0.3, 0.4) is 0 Å². The van der Waals surface area contributed by atoms with Crippen LogP contribution >= 0.6 is 0 Å². The maximum absolute atomic E-state index is 16.6. The van der Waals surface area contributed by atoms with Gasteiger partial charge in [0.05, 0.1) is 65.0 Å². The Morgan fingerprint density at radius 3 is 2.14 bits per heavy atom. The van der Waals surface area contributed by atoms with Crippen molar-refractivity contribution < 1.29 is 86.8 Å². The van der Waals surface area contributed by atoms with E-state index in [2.05, 4.69) is 5.32 Å². The predicted molar refractivity (Wildman–Crippen MR) is 333 cm³/mol. The van der Waals surface area contributed by atoms with Crippen molar-refractivity contribution in [3.8, 4) is 11.4 Å². The number of amides is 1. The molecule has 3 aliphatic carbocycles. The molecule has 0 radical (unpaired) electrons. The number of aromatic nitrogens is 2. The summed E-state index contributed by atoms with van der Waals surface area (Å²) in [4.78, 5) is 139. The third-order valence-electron chi connectivity index (χ3n) is 20.0. The molecule has 23 nitrogen and oxygen atoms in total. The van der Waals surface area contributed by atoms with Crippen molar-refractivity contribution in [3.63, 3.8) is 0 Å². The van der Waals surface area contributed by atoms with E-state index < -0.39 is 149 Å². The fraction of sp³-hybridized carbons (Fsp3) is 0.394. The molecular weight excluding hydrogens is 1210 g/mol. The lowest BCUT2D eigenvalue weighted by Crippen LogP contribution is -2.82. The lowest BCUT2D eigenvalue weighted by molar-refractivity contribution is -0.346. The van der Waals surface area contributed by atoms with Crippen molar-refractivity contribution >= 4 is 64.6 Å². The van der Waals surface area contributed by atoms with E-state index in [1.54, 1.807) is 116 Å². The van der Waals surface area contributed by atoms with Gasteiger partial charge in [-0.05, 0) is 73.4 Å². The summed E-state index contributed by atoms with van der Waals surface area (Å²) in [5, 5.41) is 41.3. The lowest BCUT2D eigenvalue weighted by Gasteiger charge is -2.67. The summed E-state index contributed by atoms with van der Waals surface area (Å²) in [6.45, 7) is 8.86. The molecule has 1 amide bonds. The van der Waals surface area contributed by atoms with E-state index in [0.29, 0.717) is 39.0 Å². The number of benzene rings is 4. The van der Waals surface area contributed by atoms with Gasteiger partial charge in [0.2, 0.25) is 0 Å². The minimum absolute atomic E-state index is 0.00294. The van der Waals surface area contributed by atoms with Gasteiger partial charge in [0, 0.05) is 72.5 Å². The number of pyridine rings is 2. The predicted octanol–water partition coefficient (Wildman–Crippen LogP) is 6.19. The summed E-state index contributed by atoms with van der Waals surface area (Å²) in [6.07, 6.45) is -10.4. The zero-order valence-electron chi connectivity index (χ0n) is 52.6. The number of aliphatic imine (C=N–C) groups is 1. The number of Topliss-reactive ketones (excluding diaryl/α,β-unsaturated/α-hetero) is 1. The van der Waals surface area contributed by atoms with Gasteiger partial charge in [0.15, 0.2) is 29.2 Å². The number of carbonyl (C=O) groups is 8. The van der Waals surface area contributed by atoms with Gasteiger partial charge in [-0.3, -0.25) is 33.8 Å². The van der Waals surface area contributed by atoms with Gasteiger partial charge in [-0.25, -0.2) is 19.4 Å². The number of rotatable bonds is 16. The third kappa shape index (κ3) is 10.6. The van der Waals surface area contributed by atoms with Crippen LogP contribution < -0.4 is 10.9 Å². The number of ketones is 1. The van der Waals surface area contributed by atoms with E-state index in [4.69, 9.17) is 43.1 Å². The van der Waals surface area contributed by atoms with Gasteiger partial charge in [-0.1, -0.05) is 106 Å². The van der Waals surface area contributed by atoms with Crippen LogP contribution in [-0.4, -0.2) is 140 Å². The number of aliphatic hydroxyl groups is 3. The normalized spacial score (nSPS) is 27.6. The molecule has 1 saturated heterocycles. The van der Waals surface area contributed by atoms with Crippen molar-refractivity contribution in [1.29, 1.82) is 0 Å². The summed E-state index contributed by atoms with van der Waals surface area (Å²) >= 11 is 0. The standard InChI is InChI=1S/C71H70N4O19/c1-8-69(86)47-30-49-56-45(34-75(49)63(82)46(47)35-88-66(69)85)44(43-26-18-19-27-48(43)73-56)33-72-29-28-53(78)92-51-31-52-70(36-89-52,94-39(4)77)59-61(93-64(83)42-24-16-11-17-25-42)71(87)32-50(37(2)54(67(71,5)6)58(90-38(3)76)60(80)68(51,59)7)91-65(84)57(79)55(40-20-12-9-13-21-40)74-62(81)41-22-14-10-15-23-41/h9-27,30,33,50-52,55,57-59,61,79,86-87H,8,28-29,31-32,34-36H2,1-7H3,(H,74,81)/t50-,51-,52+,55-,57+,58+,59?,61?,68+,69+,70-,71+/m0/s1.